The molecular formula is C27H36N4O6. The third kappa shape index (κ3) is 6.00. The summed E-state index contributed by atoms with van der Waals surface area (Å²) in [4.78, 5) is 42.0. The lowest BCUT2D eigenvalue weighted by Crippen LogP contribution is -2.50. The summed E-state index contributed by atoms with van der Waals surface area (Å²) >= 11 is 0. The number of hydrogen-bond acceptors (Lipinski definition) is 7. The molecule has 3 heterocycles. The van der Waals surface area contributed by atoms with Crippen LogP contribution in [0.15, 0.2) is 28.9 Å². The van der Waals surface area contributed by atoms with Gasteiger partial charge in [-0.1, -0.05) is 0 Å². The molecule has 0 aliphatic carbocycles. The molecule has 4 rings (SSSR count). The van der Waals surface area contributed by atoms with Crippen molar-refractivity contribution in [1.29, 1.82) is 0 Å². The van der Waals surface area contributed by atoms with Crippen LogP contribution in [0, 0.1) is 0 Å². The molecule has 2 aromatic rings. The minimum Gasteiger partial charge on any atom is -0.492 e. The van der Waals surface area contributed by atoms with Crippen molar-refractivity contribution >= 4 is 29.3 Å². The lowest BCUT2D eigenvalue weighted by atomic mass is 9.91. The number of benzene rings is 1. The predicted molar refractivity (Wildman–Crippen MR) is 140 cm³/mol. The molecular weight excluding hydrogens is 476 g/mol. The fraction of sp³-hybridized carbons (Fsp3) is 0.519. The minimum absolute atomic E-state index is 0.188. The van der Waals surface area contributed by atoms with Crippen molar-refractivity contribution in [3.63, 3.8) is 0 Å². The van der Waals surface area contributed by atoms with E-state index >= 15 is 0 Å². The Morgan fingerprint density at radius 2 is 1.86 bits per heavy atom. The Morgan fingerprint density at radius 1 is 1.16 bits per heavy atom. The van der Waals surface area contributed by atoms with Gasteiger partial charge in [-0.15, -0.1) is 0 Å². The van der Waals surface area contributed by atoms with Gasteiger partial charge in [0.25, 0.3) is 11.8 Å². The van der Waals surface area contributed by atoms with Crippen LogP contribution < -0.4 is 20.3 Å². The van der Waals surface area contributed by atoms with Crippen LogP contribution >= 0.6 is 0 Å². The largest absolute Gasteiger partial charge is 0.492 e. The first-order valence-electron chi connectivity index (χ1n) is 12.6. The number of furan rings is 1. The van der Waals surface area contributed by atoms with Crippen molar-refractivity contribution in [2.24, 2.45) is 0 Å². The van der Waals surface area contributed by atoms with Crippen LogP contribution in [0.1, 0.15) is 68.0 Å². The van der Waals surface area contributed by atoms with Crippen molar-refractivity contribution < 1.29 is 28.3 Å². The topological polar surface area (TPSA) is 113 Å². The maximum atomic E-state index is 13.1. The number of nitrogens with one attached hydrogen (secondary N) is 2. The lowest BCUT2D eigenvalue weighted by Gasteiger charge is -2.37. The van der Waals surface area contributed by atoms with Crippen LogP contribution in [0.25, 0.3) is 0 Å². The smallest absolute Gasteiger partial charge is 0.410 e. The zero-order chi connectivity index (χ0) is 27.0. The summed E-state index contributed by atoms with van der Waals surface area (Å²) in [6, 6.07) is 5.57. The van der Waals surface area contributed by atoms with E-state index in [4.69, 9.17) is 13.9 Å². The van der Waals surface area contributed by atoms with E-state index in [9.17, 15) is 14.4 Å². The lowest BCUT2D eigenvalue weighted by molar-refractivity contribution is 0.0240. The highest BCUT2D eigenvalue weighted by atomic mass is 16.6. The number of ether oxygens (including phenoxy) is 2. The van der Waals surface area contributed by atoms with E-state index in [-0.39, 0.29) is 23.1 Å². The molecule has 0 spiro atoms. The van der Waals surface area contributed by atoms with E-state index in [2.05, 4.69) is 15.5 Å². The van der Waals surface area contributed by atoms with Crippen molar-refractivity contribution in [2.75, 3.05) is 43.0 Å². The van der Waals surface area contributed by atoms with Gasteiger partial charge in [0.1, 0.15) is 23.4 Å². The first-order valence-corrected chi connectivity index (χ1v) is 12.6. The standard InChI is InChI=1S/C27H36N4O6/c1-7-35-20-14-17(30-10-12-31(13-11-30)25(34)37-26(2,3)4)8-9-19(20)28-23(32)18-16-36-21-15-27(5,6)29-24(33)22(18)21/h8-9,14,16H,7,10-13,15H2,1-6H3,(H,28,32)(H,29,33). The van der Waals surface area contributed by atoms with E-state index in [1.165, 1.54) is 6.26 Å². The maximum absolute atomic E-state index is 13.1. The number of carbonyl (C=O) groups excluding carboxylic acids is 3. The second-order valence-corrected chi connectivity index (χ2v) is 11.0. The summed E-state index contributed by atoms with van der Waals surface area (Å²) in [5.74, 6) is 0.256. The van der Waals surface area contributed by atoms with Gasteiger partial charge in [-0.2, -0.15) is 0 Å². The zero-order valence-electron chi connectivity index (χ0n) is 22.4. The summed E-state index contributed by atoms with van der Waals surface area (Å²) in [6.07, 6.45) is 1.53. The Kier molecular flexibility index (Phi) is 7.12. The fourth-order valence-corrected chi connectivity index (χ4v) is 4.51. The molecule has 0 saturated carbocycles. The van der Waals surface area contributed by atoms with Crippen LogP contribution in [-0.4, -0.2) is 66.7 Å². The number of nitrogens with zero attached hydrogens (tertiary/aromatic N) is 2. The average Bonchev–Trinajstić information content (AvgIpc) is 3.22. The molecule has 200 valence electrons. The van der Waals surface area contributed by atoms with E-state index in [1.807, 2.05) is 53.7 Å². The Hall–Kier alpha value is -3.69. The van der Waals surface area contributed by atoms with Gasteiger partial charge in [-0.25, -0.2) is 4.79 Å². The highest BCUT2D eigenvalue weighted by Gasteiger charge is 2.36. The Labute approximate surface area is 217 Å². The van der Waals surface area contributed by atoms with Gasteiger partial charge in [0.15, 0.2) is 0 Å². The Bertz CT molecular complexity index is 1190. The second-order valence-electron chi connectivity index (χ2n) is 11.0. The van der Waals surface area contributed by atoms with Gasteiger partial charge in [-0.05, 0) is 53.7 Å². The monoisotopic (exact) mass is 512 g/mol. The van der Waals surface area contributed by atoms with E-state index < -0.39 is 17.0 Å². The van der Waals surface area contributed by atoms with Gasteiger partial charge >= 0.3 is 6.09 Å². The third-order valence-corrected chi connectivity index (χ3v) is 6.20. The van der Waals surface area contributed by atoms with Crippen LogP contribution in [0.2, 0.25) is 0 Å². The first-order chi connectivity index (χ1) is 17.4. The molecule has 2 aliphatic rings. The molecule has 2 N–H and O–H groups in total. The highest BCUT2D eigenvalue weighted by molar-refractivity contribution is 6.13. The summed E-state index contributed by atoms with van der Waals surface area (Å²) in [5.41, 5.74) is 0.910. The van der Waals surface area contributed by atoms with Crippen molar-refractivity contribution in [3.8, 4) is 5.75 Å². The molecule has 0 unspecified atom stereocenters. The molecule has 1 aromatic heterocycles. The minimum atomic E-state index is -0.531. The quantitative estimate of drug-likeness (QED) is 0.621. The van der Waals surface area contributed by atoms with Crippen LogP contribution in [0.3, 0.4) is 0 Å². The number of fused-ring (bicyclic) bond motifs is 1. The SMILES string of the molecule is CCOc1cc(N2CCN(C(=O)OC(C)(C)C)CC2)ccc1NC(=O)c1coc2c1C(=O)NC(C)(C)C2. The van der Waals surface area contributed by atoms with Crippen molar-refractivity contribution in [1.82, 2.24) is 10.2 Å². The molecule has 1 saturated heterocycles. The predicted octanol–water partition coefficient (Wildman–Crippen LogP) is 4.05. The van der Waals surface area contributed by atoms with E-state index in [0.717, 1.165) is 5.69 Å². The van der Waals surface area contributed by atoms with Gasteiger partial charge in [0, 0.05) is 49.9 Å². The highest BCUT2D eigenvalue weighted by Crippen LogP contribution is 2.33. The number of hydrogen-bond donors (Lipinski definition) is 2. The first kappa shape index (κ1) is 26.4. The molecule has 0 atom stereocenters. The average molecular weight is 513 g/mol. The molecule has 0 bridgehead atoms. The third-order valence-electron chi connectivity index (χ3n) is 6.20. The summed E-state index contributed by atoms with van der Waals surface area (Å²) in [6.45, 7) is 14.0. The molecule has 3 amide bonds. The number of piperazine rings is 1. The summed E-state index contributed by atoms with van der Waals surface area (Å²) in [7, 11) is 0. The number of anilines is 2. The molecule has 10 nitrogen and oxygen atoms in total. The van der Waals surface area contributed by atoms with Crippen LogP contribution in [0.5, 0.6) is 5.75 Å². The van der Waals surface area contributed by atoms with E-state index in [0.29, 0.717) is 56.4 Å². The van der Waals surface area contributed by atoms with Gasteiger partial charge in [0.05, 0.1) is 23.4 Å². The second kappa shape index (κ2) is 9.99. The van der Waals surface area contributed by atoms with Gasteiger partial charge < -0.3 is 34.3 Å². The number of carbonyl (C=O) groups is 3. The van der Waals surface area contributed by atoms with Gasteiger partial charge in [-0.3, -0.25) is 9.59 Å². The van der Waals surface area contributed by atoms with E-state index in [1.54, 1.807) is 11.0 Å². The molecule has 10 heteroatoms. The Morgan fingerprint density at radius 3 is 2.51 bits per heavy atom. The fourth-order valence-electron chi connectivity index (χ4n) is 4.51. The van der Waals surface area contributed by atoms with Crippen LogP contribution in [-0.2, 0) is 11.2 Å². The summed E-state index contributed by atoms with van der Waals surface area (Å²) < 4.78 is 16.9. The van der Waals surface area contributed by atoms with Crippen molar-refractivity contribution in [3.05, 3.63) is 41.3 Å². The molecule has 1 fully saturated rings. The molecule has 37 heavy (non-hydrogen) atoms. The number of amides is 3. The molecule has 1 aromatic carbocycles. The zero-order valence-corrected chi connectivity index (χ0v) is 22.4. The summed E-state index contributed by atoms with van der Waals surface area (Å²) in [5, 5.41) is 5.78. The normalized spacial score (nSPS) is 17.1. The Balaban J connectivity index is 1.46. The molecule has 0 radical (unpaired) electrons. The van der Waals surface area contributed by atoms with Crippen LogP contribution in [0.4, 0.5) is 16.2 Å². The number of rotatable bonds is 5. The van der Waals surface area contributed by atoms with Crippen molar-refractivity contribution in [2.45, 2.75) is 59.1 Å². The maximum Gasteiger partial charge on any atom is 0.410 e. The molecule has 2 aliphatic heterocycles. The van der Waals surface area contributed by atoms with Gasteiger partial charge in [0.2, 0.25) is 0 Å².